The third kappa shape index (κ3) is 4.19. The maximum atomic E-state index is 13.6. The fourth-order valence-electron chi connectivity index (χ4n) is 3.09. The Balaban J connectivity index is 1.63. The van der Waals surface area contributed by atoms with E-state index in [9.17, 15) is 4.39 Å². The van der Waals surface area contributed by atoms with Crippen LogP contribution >= 0.6 is 11.6 Å². The molecule has 0 amide bonds. The molecule has 7 heteroatoms. The van der Waals surface area contributed by atoms with Crippen LogP contribution < -0.4 is 9.80 Å². The average Bonchev–Trinajstić information content (AvgIpc) is 3.06. The lowest BCUT2D eigenvalue weighted by Crippen LogP contribution is -2.35. The van der Waals surface area contributed by atoms with Crippen LogP contribution in [-0.2, 0) is 6.54 Å². The highest BCUT2D eigenvalue weighted by Crippen LogP contribution is 2.23. The van der Waals surface area contributed by atoms with Crippen LogP contribution in [0.1, 0.15) is 12.0 Å². The molecular formula is C18H23ClFN5. The number of anilines is 2. The molecule has 1 aromatic heterocycles. The molecule has 2 aromatic rings. The number of benzene rings is 1. The molecule has 1 saturated heterocycles. The van der Waals surface area contributed by atoms with Gasteiger partial charge >= 0.3 is 0 Å². The Morgan fingerprint density at radius 2 is 2.08 bits per heavy atom. The zero-order valence-corrected chi connectivity index (χ0v) is 15.5. The van der Waals surface area contributed by atoms with Gasteiger partial charge in [0.15, 0.2) is 0 Å². The van der Waals surface area contributed by atoms with Crippen molar-refractivity contribution in [3.63, 3.8) is 0 Å². The van der Waals surface area contributed by atoms with E-state index in [0.29, 0.717) is 6.04 Å². The molecule has 0 saturated carbocycles. The monoisotopic (exact) mass is 363 g/mol. The summed E-state index contributed by atoms with van der Waals surface area (Å²) in [5.41, 5.74) is 0.941. The fraction of sp³-hybridized carbons (Fsp3) is 0.444. The number of hydrogen-bond donors (Lipinski definition) is 0. The molecule has 0 aliphatic carbocycles. The van der Waals surface area contributed by atoms with E-state index < -0.39 is 0 Å². The molecule has 1 aliphatic rings. The SMILES string of the molecule is CN(C)c1ccnc(N(C)C2CCN(Cc3ccc(Cl)c(F)c3)C2)n1. The third-order valence-electron chi connectivity index (χ3n) is 4.59. The van der Waals surface area contributed by atoms with Gasteiger partial charge < -0.3 is 9.80 Å². The van der Waals surface area contributed by atoms with Gasteiger partial charge in [0.25, 0.3) is 0 Å². The predicted molar refractivity (Wildman–Crippen MR) is 99.9 cm³/mol. The maximum Gasteiger partial charge on any atom is 0.227 e. The van der Waals surface area contributed by atoms with Crippen molar-refractivity contribution in [3.05, 3.63) is 46.9 Å². The van der Waals surface area contributed by atoms with Gasteiger partial charge in [-0.3, -0.25) is 4.90 Å². The van der Waals surface area contributed by atoms with E-state index in [0.717, 1.165) is 43.4 Å². The van der Waals surface area contributed by atoms with E-state index >= 15 is 0 Å². The molecule has 0 spiro atoms. The summed E-state index contributed by atoms with van der Waals surface area (Å²) in [6, 6.07) is 7.25. The van der Waals surface area contributed by atoms with Crippen molar-refractivity contribution in [2.24, 2.45) is 0 Å². The minimum absolute atomic E-state index is 0.167. The number of aromatic nitrogens is 2. The van der Waals surface area contributed by atoms with Crippen molar-refractivity contribution in [3.8, 4) is 0 Å². The molecule has 0 radical (unpaired) electrons. The molecule has 0 bridgehead atoms. The number of nitrogens with zero attached hydrogens (tertiary/aromatic N) is 5. The first kappa shape index (κ1) is 17.9. The van der Waals surface area contributed by atoms with Gasteiger partial charge in [0.05, 0.1) is 5.02 Å². The zero-order valence-electron chi connectivity index (χ0n) is 14.8. The first-order valence-electron chi connectivity index (χ1n) is 8.33. The summed E-state index contributed by atoms with van der Waals surface area (Å²) < 4.78 is 13.6. The summed E-state index contributed by atoms with van der Waals surface area (Å²) in [7, 11) is 5.97. The van der Waals surface area contributed by atoms with Gasteiger partial charge in [0.1, 0.15) is 11.6 Å². The van der Waals surface area contributed by atoms with Gasteiger partial charge in [-0.25, -0.2) is 9.37 Å². The normalized spacial score (nSPS) is 17.7. The third-order valence-corrected chi connectivity index (χ3v) is 4.89. The Morgan fingerprint density at radius 3 is 2.80 bits per heavy atom. The Labute approximate surface area is 153 Å². The van der Waals surface area contributed by atoms with Crippen LogP contribution in [0.25, 0.3) is 0 Å². The molecule has 1 aliphatic heterocycles. The van der Waals surface area contributed by atoms with Crippen molar-refractivity contribution >= 4 is 23.4 Å². The lowest BCUT2D eigenvalue weighted by molar-refractivity contribution is 0.325. The highest BCUT2D eigenvalue weighted by Gasteiger charge is 2.27. The number of hydrogen-bond acceptors (Lipinski definition) is 5. The zero-order chi connectivity index (χ0) is 18.0. The van der Waals surface area contributed by atoms with Gasteiger partial charge in [0.2, 0.25) is 5.95 Å². The van der Waals surface area contributed by atoms with Gasteiger partial charge in [-0.2, -0.15) is 4.98 Å². The van der Waals surface area contributed by atoms with Gasteiger partial charge in [0, 0.05) is 53.0 Å². The van der Waals surface area contributed by atoms with Crippen LogP contribution in [0.5, 0.6) is 0 Å². The first-order valence-corrected chi connectivity index (χ1v) is 8.71. The molecule has 1 aromatic carbocycles. The Bertz CT molecular complexity index is 739. The van der Waals surface area contributed by atoms with E-state index in [-0.39, 0.29) is 10.8 Å². The van der Waals surface area contributed by atoms with Crippen LogP contribution in [0.3, 0.4) is 0 Å². The predicted octanol–water partition coefficient (Wildman–Crippen LogP) is 3.05. The minimum atomic E-state index is -0.360. The molecule has 5 nitrogen and oxygen atoms in total. The van der Waals surface area contributed by atoms with Crippen LogP contribution in [0.4, 0.5) is 16.2 Å². The van der Waals surface area contributed by atoms with E-state index in [1.807, 2.05) is 38.2 Å². The highest BCUT2D eigenvalue weighted by atomic mass is 35.5. The second-order valence-corrected chi connectivity index (χ2v) is 7.05. The van der Waals surface area contributed by atoms with Gasteiger partial charge in [-0.1, -0.05) is 17.7 Å². The van der Waals surface area contributed by atoms with Crippen LogP contribution in [0.2, 0.25) is 5.02 Å². The molecule has 0 N–H and O–H groups in total. The lowest BCUT2D eigenvalue weighted by Gasteiger charge is -2.25. The minimum Gasteiger partial charge on any atom is -0.363 e. The molecule has 3 rings (SSSR count). The highest BCUT2D eigenvalue weighted by molar-refractivity contribution is 6.30. The van der Waals surface area contributed by atoms with E-state index in [1.54, 1.807) is 12.3 Å². The molecule has 25 heavy (non-hydrogen) atoms. The summed E-state index contributed by atoms with van der Waals surface area (Å²) in [6.07, 6.45) is 2.82. The number of likely N-dealkylation sites (N-methyl/N-ethyl adjacent to an activating group) is 1. The second kappa shape index (κ2) is 7.54. The largest absolute Gasteiger partial charge is 0.363 e. The Hall–Kier alpha value is -1.92. The molecule has 1 unspecified atom stereocenters. The van der Waals surface area contributed by atoms with Crippen LogP contribution in [0, 0.1) is 5.82 Å². The summed E-state index contributed by atoms with van der Waals surface area (Å²) in [5, 5.41) is 0.167. The lowest BCUT2D eigenvalue weighted by atomic mass is 10.2. The van der Waals surface area contributed by atoms with E-state index in [1.165, 1.54) is 6.07 Å². The van der Waals surface area contributed by atoms with E-state index in [2.05, 4.69) is 19.8 Å². The van der Waals surface area contributed by atoms with Crippen molar-refractivity contribution in [1.82, 2.24) is 14.9 Å². The molecule has 2 heterocycles. The Morgan fingerprint density at radius 1 is 1.28 bits per heavy atom. The summed E-state index contributed by atoms with van der Waals surface area (Å²) in [5.74, 6) is 1.26. The van der Waals surface area contributed by atoms with Gasteiger partial charge in [-0.05, 0) is 30.2 Å². The first-order chi connectivity index (χ1) is 11.9. The molecule has 1 fully saturated rings. The van der Waals surface area contributed by atoms with Crippen LogP contribution in [-0.4, -0.2) is 55.1 Å². The van der Waals surface area contributed by atoms with Crippen molar-refractivity contribution in [2.75, 3.05) is 44.0 Å². The topological polar surface area (TPSA) is 35.5 Å². The second-order valence-electron chi connectivity index (χ2n) is 6.65. The number of likely N-dealkylation sites (tertiary alicyclic amines) is 1. The Kier molecular flexibility index (Phi) is 5.39. The summed E-state index contributed by atoms with van der Waals surface area (Å²) in [6.45, 7) is 2.58. The number of halogens is 2. The average molecular weight is 364 g/mol. The maximum absolute atomic E-state index is 13.6. The van der Waals surface area contributed by atoms with E-state index in [4.69, 9.17) is 11.6 Å². The smallest absolute Gasteiger partial charge is 0.227 e. The van der Waals surface area contributed by atoms with Crippen molar-refractivity contribution in [2.45, 2.75) is 19.0 Å². The quantitative estimate of drug-likeness (QED) is 0.816. The van der Waals surface area contributed by atoms with Crippen molar-refractivity contribution < 1.29 is 4.39 Å². The summed E-state index contributed by atoms with van der Waals surface area (Å²) >= 11 is 5.75. The van der Waals surface area contributed by atoms with Crippen molar-refractivity contribution in [1.29, 1.82) is 0 Å². The molecule has 134 valence electrons. The fourth-order valence-corrected chi connectivity index (χ4v) is 3.21. The standard InChI is InChI=1S/C18H23ClFN5/c1-23(2)17-6-8-21-18(22-17)24(3)14-7-9-25(12-14)11-13-4-5-15(19)16(20)10-13/h4-6,8,10,14H,7,9,11-12H2,1-3H3. The molecular weight excluding hydrogens is 341 g/mol. The number of rotatable bonds is 5. The summed E-state index contributed by atoms with van der Waals surface area (Å²) in [4.78, 5) is 15.4. The van der Waals surface area contributed by atoms with Gasteiger partial charge in [-0.15, -0.1) is 0 Å². The molecule has 1 atom stereocenters. The van der Waals surface area contributed by atoms with Crippen LogP contribution in [0.15, 0.2) is 30.5 Å².